The molecular weight excluding hydrogens is 327 g/mol. The van der Waals surface area contributed by atoms with E-state index in [0.29, 0.717) is 12.8 Å². The Kier molecular flexibility index (Phi) is 5.30. The second kappa shape index (κ2) is 7.06. The van der Waals surface area contributed by atoms with Crippen LogP contribution in [0, 0.1) is 5.92 Å². The monoisotopic (exact) mass is 345 g/mol. The van der Waals surface area contributed by atoms with Crippen LogP contribution in [0.15, 0.2) is 12.1 Å². The smallest absolute Gasteiger partial charge is 0.433 e. The maximum Gasteiger partial charge on any atom is 0.433 e. The Bertz CT molecular complexity index is 634. The summed E-state index contributed by atoms with van der Waals surface area (Å²) in [5, 5.41) is 5.37. The molecule has 0 spiro atoms. The number of amides is 1. The molecule has 132 valence electrons. The first-order valence-electron chi connectivity index (χ1n) is 7.42. The molecule has 1 aliphatic rings. The topological polar surface area (TPSA) is 80.3 Å². The molecule has 1 aliphatic carbocycles. The molecular formula is C15H18F3N3O3. The van der Waals surface area contributed by atoms with Crippen LogP contribution < -0.4 is 10.6 Å². The van der Waals surface area contributed by atoms with Crippen LogP contribution in [0.3, 0.4) is 0 Å². The lowest BCUT2D eigenvalue weighted by Gasteiger charge is -2.22. The lowest BCUT2D eigenvalue weighted by Crippen LogP contribution is -2.37. The first-order chi connectivity index (χ1) is 11.3. The minimum atomic E-state index is -4.64. The molecule has 0 bridgehead atoms. The number of rotatable bonds is 4. The number of carbonyl (C=O) groups excluding carboxylic acids is 2. The average Bonchev–Trinajstić information content (AvgIpc) is 3.00. The van der Waals surface area contributed by atoms with Crippen LogP contribution in [0.4, 0.5) is 19.0 Å². The van der Waals surface area contributed by atoms with E-state index in [-0.39, 0.29) is 17.3 Å². The number of methoxy groups -OCH3 is 1. The molecule has 1 aromatic rings. The van der Waals surface area contributed by atoms with Gasteiger partial charge in [0.2, 0.25) is 5.91 Å². The number of halogens is 3. The molecule has 2 rings (SSSR count). The second-order valence-corrected chi connectivity index (χ2v) is 5.48. The molecule has 2 N–H and O–H groups in total. The summed E-state index contributed by atoms with van der Waals surface area (Å²) in [6, 6.07) is 1.35. The van der Waals surface area contributed by atoms with Crippen molar-refractivity contribution in [3.05, 3.63) is 23.4 Å². The number of anilines is 1. The third-order valence-corrected chi connectivity index (χ3v) is 4.01. The van der Waals surface area contributed by atoms with Crippen LogP contribution in [0.5, 0.6) is 0 Å². The zero-order valence-corrected chi connectivity index (χ0v) is 13.2. The summed E-state index contributed by atoms with van der Waals surface area (Å²) in [4.78, 5) is 27.2. The van der Waals surface area contributed by atoms with E-state index in [2.05, 4.69) is 20.4 Å². The minimum Gasteiger partial charge on any atom is -0.465 e. The molecule has 1 fully saturated rings. The number of aromatic nitrogens is 1. The van der Waals surface area contributed by atoms with Gasteiger partial charge in [0, 0.05) is 13.1 Å². The maximum atomic E-state index is 12.9. The van der Waals surface area contributed by atoms with Gasteiger partial charge in [0.25, 0.3) is 0 Å². The summed E-state index contributed by atoms with van der Waals surface area (Å²) in [6.07, 6.45) is -2.68. The predicted octanol–water partition coefficient (Wildman–Crippen LogP) is 2.21. The highest BCUT2D eigenvalue weighted by Crippen LogP contribution is 2.32. The third-order valence-electron chi connectivity index (χ3n) is 4.01. The Morgan fingerprint density at radius 1 is 1.29 bits per heavy atom. The molecule has 2 unspecified atom stereocenters. The summed E-state index contributed by atoms with van der Waals surface area (Å²) in [7, 11) is 2.63. The first-order valence-corrected chi connectivity index (χ1v) is 7.42. The van der Waals surface area contributed by atoms with Crippen LogP contribution in [0.25, 0.3) is 0 Å². The maximum absolute atomic E-state index is 12.9. The van der Waals surface area contributed by atoms with Gasteiger partial charge < -0.3 is 15.4 Å². The van der Waals surface area contributed by atoms with Crippen molar-refractivity contribution in [1.82, 2.24) is 10.3 Å². The van der Waals surface area contributed by atoms with E-state index >= 15 is 0 Å². The fourth-order valence-corrected chi connectivity index (χ4v) is 2.81. The number of pyridine rings is 1. The zero-order valence-electron chi connectivity index (χ0n) is 13.2. The molecule has 1 aromatic heterocycles. The van der Waals surface area contributed by atoms with Gasteiger partial charge in [-0.15, -0.1) is 0 Å². The first kappa shape index (κ1) is 18.0. The molecule has 0 aromatic carbocycles. The van der Waals surface area contributed by atoms with Crippen LogP contribution in [-0.2, 0) is 15.7 Å². The van der Waals surface area contributed by atoms with Gasteiger partial charge in [-0.05, 0) is 25.0 Å². The number of alkyl halides is 3. The van der Waals surface area contributed by atoms with Crippen LogP contribution in [-0.4, -0.2) is 37.1 Å². The van der Waals surface area contributed by atoms with Crippen molar-refractivity contribution in [2.75, 3.05) is 19.5 Å². The quantitative estimate of drug-likeness (QED) is 0.818. The number of ether oxygens (including phenoxy) is 1. The minimum absolute atomic E-state index is 0.104. The number of hydrogen-bond donors (Lipinski definition) is 2. The Labute approximate surface area is 136 Å². The molecule has 0 saturated heterocycles. The Morgan fingerprint density at radius 2 is 2.00 bits per heavy atom. The van der Waals surface area contributed by atoms with E-state index in [1.807, 2.05) is 0 Å². The Morgan fingerprint density at radius 3 is 2.58 bits per heavy atom. The molecule has 6 nitrogen and oxygen atoms in total. The standard InChI is InChI=1S/C15H18F3N3O3/c1-19-13(22)8-4-3-5-10(8)20-12-9(14(23)24-2)6-7-11(21-12)15(16,17)18/h6-8,10H,3-5H2,1-2H3,(H,19,22)(H,20,21). The third kappa shape index (κ3) is 3.77. The van der Waals surface area contributed by atoms with Gasteiger partial charge in [-0.1, -0.05) is 6.42 Å². The van der Waals surface area contributed by atoms with Crippen molar-refractivity contribution >= 4 is 17.7 Å². The summed E-state index contributed by atoms with van der Waals surface area (Å²) >= 11 is 0. The molecule has 2 atom stereocenters. The van der Waals surface area contributed by atoms with Gasteiger partial charge in [-0.2, -0.15) is 13.2 Å². The molecule has 1 heterocycles. The van der Waals surface area contributed by atoms with Gasteiger partial charge in [0.15, 0.2) is 0 Å². The van der Waals surface area contributed by atoms with Gasteiger partial charge in [-0.3, -0.25) is 4.79 Å². The Hall–Kier alpha value is -2.32. The lowest BCUT2D eigenvalue weighted by molar-refractivity contribution is -0.141. The normalized spacial score (nSPS) is 20.5. The molecule has 1 saturated carbocycles. The highest BCUT2D eigenvalue weighted by atomic mass is 19.4. The largest absolute Gasteiger partial charge is 0.465 e. The number of carbonyl (C=O) groups is 2. The van der Waals surface area contributed by atoms with E-state index < -0.39 is 29.8 Å². The number of nitrogens with zero attached hydrogens (tertiary/aromatic N) is 1. The average molecular weight is 345 g/mol. The van der Waals surface area contributed by atoms with Crippen molar-refractivity contribution in [2.24, 2.45) is 5.92 Å². The fourth-order valence-electron chi connectivity index (χ4n) is 2.81. The van der Waals surface area contributed by atoms with Crippen LogP contribution >= 0.6 is 0 Å². The van der Waals surface area contributed by atoms with Crippen molar-refractivity contribution in [3.8, 4) is 0 Å². The van der Waals surface area contributed by atoms with E-state index in [1.54, 1.807) is 0 Å². The summed E-state index contributed by atoms with van der Waals surface area (Å²) in [6.45, 7) is 0. The van der Waals surface area contributed by atoms with E-state index in [1.165, 1.54) is 7.05 Å². The molecule has 0 aliphatic heterocycles. The number of esters is 1. The second-order valence-electron chi connectivity index (χ2n) is 5.48. The summed E-state index contributed by atoms with van der Waals surface area (Å²) in [5.41, 5.74) is -1.22. The summed E-state index contributed by atoms with van der Waals surface area (Å²) < 4.78 is 43.2. The molecule has 24 heavy (non-hydrogen) atoms. The highest BCUT2D eigenvalue weighted by Gasteiger charge is 2.36. The Balaban J connectivity index is 2.35. The zero-order chi connectivity index (χ0) is 17.9. The number of nitrogens with one attached hydrogen (secondary N) is 2. The van der Waals surface area contributed by atoms with Gasteiger partial charge in [-0.25, -0.2) is 9.78 Å². The van der Waals surface area contributed by atoms with E-state index in [0.717, 1.165) is 25.7 Å². The molecule has 0 radical (unpaired) electrons. The lowest BCUT2D eigenvalue weighted by atomic mass is 10.0. The summed E-state index contributed by atoms with van der Waals surface area (Å²) in [5.74, 6) is -1.61. The van der Waals surface area contributed by atoms with Crippen molar-refractivity contribution < 1.29 is 27.5 Å². The van der Waals surface area contributed by atoms with Crippen LogP contribution in [0.2, 0.25) is 0 Å². The van der Waals surface area contributed by atoms with Crippen molar-refractivity contribution in [2.45, 2.75) is 31.5 Å². The van der Waals surface area contributed by atoms with Crippen LogP contribution in [0.1, 0.15) is 35.3 Å². The molecule has 9 heteroatoms. The fraction of sp³-hybridized carbons (Fsp3) is 0.533. The predicted molar refractivity (Wildman–Crippen MR) is 79.4 cm³/mol. The van der Waals surface area contributed by atoms with E-state index in [9.17, 15) is 22.8 Å². The molecule has 1 amide bonds. The SMILES string of the molecule is CNC(=O)C1CCCC1Nc1nc(C(F)(F)F)ccc1C(=O)OC. The van der Waals surface area contributed by atoms with Crippen molar-refractivity contribution in [1.29, 1.82) is 0 Å². The van der Waals surface area contributed by atoms with Gasteiger partial charge in [0.05, 0.1) is 13.0 Å². The van der Waals surface area contributed by atoms with E-state index in [4.69, 9.17) is 0 Å². The number of hydrogen-bond acceptors (Lipinski definition) is 5. The van der Waals surface area contributed by atoms with Gasteiger partial charge in [0.1, 0.15) is 17.1 Å². The van der Waals surface area contributed by atoms with Crippen molar-refractivity contribution in [3.63, 3.8) is 0 Å². The highest BCUT2D eigenvalue weighted by molar-refractivity contribution is 5.94. The van der Waals surface area contributed by atoms with Gasteiger partial charge >= 0.3 is 12.1 Å².